The van der Waals surface area contributed by atoms with E-state index >= 15 is 0 Å². The van der Waals surface area contributed by atoms with E-state index in [9.17, 15) is 4.79 Å². The Labute approximate surface area is 131 Å². The largest absolute Gasteiger partial charge is 0.481 e. The Kier molecular flexibility index (Phi) is 5.53. The van der Waals surface area contributed by atoms with Crippen molar-refractivity contribution in [2.24, 2.45) is 0 Å². The minimum atomic E-state index is -0.540. The summed E-state index contributed by atoms with van der Waals surface area (Å²) in [7, 11) is 0. The Hall–Kier alpha value is -2.36. The van der Waals surface area contributed by atoms with E-state index in [1.54, 1.807) is 19.3 Å². The first-order chi connectivity index (χ1) is 10.6. The average Bonchev–Trinajstić information content (AvgIpc) is 2.54. The summed E-state index contributed by atoms with van der Waals surface area (Å²) in [5.41, 5.74) is 2.21. The van der Waals surface area contributed by atoms with Gasteiger partial charge in [-0.05, 0) is 42.2 Å². The minimum Gasteiger partial charge on any atom is -0.481 e. The Morgan fingerprint density at radius 1 is 1.18 bits per heavy atom. The van der Waals surface area contributed by atoms with Gasteiger partial charge in [-0.1, -0.05) is 32.0 Å². The van der Waals surface area contributed by atoms with Gasteiger partial charge in [0.15, 0.2) is 6.10 Å². The van der Waals surface area contributed by atoms with Crippen molar-refractivity contribution in [2.45, 2.75) is 39.3 Å². The van der Waals surface area contributed by atoms with Crippen LogP contribution in [-0.4, -0.2) is 17.0 Å². The van der Waals surface area contributed by atoms with Crippen LogP contribution in [0, 0.1) is 0 Å². The van der Waals surface area contributed by atoms with Crippen molar-refractivity contribution in [1.82, 2.24) is 10.3 Å². The second-order valence-corrected chi connectivity index (χ2v) is 5.56. The molecule has 0 aliphatic heterocycles. The van der Waals surface area contributed by atoms with Gasteiger partial charge in [0.25, 0.3) is 5.91 Å². The van der Waals surface area contributed by atoms with Gasteiger partial charge >= 0.3 is 0 Å². The Morgan fingerprint density at radius 3 is 2.50 bits per heavy atom. The topological polar surface area (TPSA) is 51.2 Å². The average molecular weight is 298 g/mol. The van der Waals surface area contributed by atoms with Crippen LogP contribution in [0.4, 0.5) is 0 Å². The molecule has 116 valence electrons. The Balaban J connectivity index is 1.85. The molecular formula is C18H22N2O2. The molecule has 1 aromatic carbocycles. The van der Waals surface area contributed by atoms with Crippen molar-refractivity contribution in [3.8, 4) is 5.75 Å². The van der Waals surface area contributed by atoms with Gasteiger partial charge in [0.1, 0.15) is 5.75 Å². The first-order valence-electron chi connectivity index (χ1n) is 7.49. The van der Waals surface area contributed by atoms with Crippen molar-refractivity contribution < 1.29 is 9.53 Å². The number of rotatable bonds is 6. The summed E-state index contributed by atoms with van der Waals surface area (Å²) >= 11 is 0. The lowest BCUT2D eigenvalue weighted by Gasteiger charge is -2.15. The third-order valence-electron chi connectivity index (χ3n) is 3.42. The quantitative estimate of drug-likeness (QED) is 0.890. The molecule has 0 saturated carbocycles. The molecule has 0 fully saturated rings. The molecule has 0 spiro atoms. The molecule has 1 heterocycles. The van der Waals surface area contributed by atoms with Crippen molar-refractivity contribution in [3.63, 3.8) is 0 Å². The number of hydrogen-bond donors (Lipinski definition) is 1. The van der Waals surface area contributed by atoms with Crippen LogP contribution in [0.2, 0.25) is 0 Å². The number of nitrogens with one attached hydrogen (secondary N) is 1. The van der Waals surface area contributed by atoms with Crippen LogP contribution < -0.4 is 10.1 Å². The number of hydrogen-bond acceptors (Lipinski definition) is 3. The van der Waals surface area contributed by atoms with E-state index in [0.717, 1.165) is 5.56 Å². The molecule has 0 radical (unpaired) electrons. The highest BCUT2D eigenvalue weighted by Crippen LogP contribution is 2.19. The highest BCUT2D eigenvalue weighted by Gasteiger charge is 2.14. The van der Waals surface area contributed by atoms with Gasteiger partial charge in [0.2, 0.25) is 0 Å². The molecule has 4 nitrogen and oxygen atoms in total. The summed E-state index contributed by atoms with van der Waals surface area (Å²) in [5.74, 6) is 1.04. The first kappa shape index (κ1) is 16.0. The van der Waals surface area contributed by atoms with Gasteiger partial charge in [-0.3, -0.25) is 9.78 Å². The molecule has 0 aliphatic carbocycles. The molecule has 0 unspecified atom stereocenters. The second-order valence-electron chi connectivity index (χ2n) is 5.56. The third-order valence-corrected chi connectivity index (χ3v) is 3.42. The summed E-state index contributed by atoms with van der Waals surface area (Å²) in [6.07, 6.45) is 2.90. The standard InChI is InChI=1S/C18H22N2O2/c1-13(2)16-6-8-17(9-7-16)22-14(3)18(21)20-12-15-5-4-10-19-11-15/h4-11,13-14H,12H2,1-3H3,(H,20,21)/t14-/m1/s1. The maximum Gasteiger partial charge on any atom is 0.261 e. The molecule has 1 atom stereocenters. The zero-order chi connectivity index (χ0) is 15.9. The van der Waals surface area contributed by atoms with Gasteiger partial charge in [-0.15, -0.1) is 0 Å². The van der Waals surface area contributed by atoms with Crippen molar-refractivity contribution in [1.29, 1.82) is 0 Å². The maximum absolute atomic E-state index is 12.0. The van der Waals surface area contributed by atoms with E-state index in [0.29, 0.717) is 18.2 Å². The first-order valence-corrected chi connectivity index (χ1v) is 7.49. The minimum absolute atomic E-state index is 0.142. The van der Waals surface area contributed by atoms with Gasteiger partial charge in [-0.2, -0.15) is 0 Å². The van der Waals surface area contributed by atoms with Crippen LogP contribution in [0.15, 0.2) is 48.8 Å². The lowest BCUT2D eigenvalue weighted by atomic mass is 10.0. The summed E-state index contributed by atoms with van der Waals surface area (Å²) in [6.45, 7) is 6.48. The molecule has 1 aromatic heterocycles. The van der Waals surface area contributed by atoms with Gasteiger partial charge < -0.3 is 10.1 Å². The predicted molar refractivity (Wildman–Crippen MR) is 86.7 cm³/mol. The number of benzene rings is 1. The number of aromatic nitrogens is 1. The predicted octanol–water partition coefficient (Wildman–Crippen LogP) is 3.29. The van der Waals surface area contributed by atoms with E-state index in [1.165, 1.54) is 5.56 Å². The zero-order valence-electron chi connectivity index (χ0n) is 13.2. The second kappa shape index (κ2) is 7.59. The molecule has 0 saturated heterocycles. The van der Waals surface area contributed by atoms with E-state index in [2.05, 4.69) is 24.1 Å². The van der Waals surface area contributed by atoms with Gasteiger partial charge in [0, 0.05) is 18.9 Å². The van der Waals surface area contributed by atoms with Crippen LogP contribution >= 0.6 is 0 Å². The molecule has 1 N–H and O–H groups in total. The fourth-order valence-electron chi connectivity index (χ4n) is 2.02. The normalized spacial score (nSPS) is 12.0. The molecule has 0 bridgehead atoms. The molecule has 0 aliphatic rings. The molecular weight excluding hydrogens is 276 g/mol. The number of ether oxygens (including phenoxy) is 1. The monoisotopic (exact) mass is 298 g/mol. The van der Waals surface area contributed by atoms with Crippen LogP contribution in [0.1, 0.15) is 37.8 Å². The number of carbonyl (C=O) groups is 1. The summed E-state index contributed by atoms with van der Waals surface area (Å²) < 4.78 is 5.67. The van der Waals surface area contributed by atoms with E-state index in [-0.39, 0.29) is 5.91 Å². The fourth-order valence-corrected chi connectivity index (χ4v) is 2.02. The summed E-state index contributed by atoms with van der Waals surface area (Å²) in [6, 6.07) is 11.6. The Bertz CT molecular complexity index is 594. The maximum atomic E-state index is 12.0. The molecule has 2 rings (SSSR count). The molecule has 1 amide bonds. The van der Waals surface area contributed by atoms with E-state index in [1.807, 2.05) is 36.4 Å². The van der Waals surface area contributed by atoms with E-state index in [4.69, 9.17) is 4.74 Å². The van der Waals surface area contributed by atoms with Crippen LogP contribution in [-0.2, 0) is 11.3 Å². The third kappa shape index (κ3) is 4.58. The molecule has 4 heteroatoms. The molecule has 2 aromatic rings. The fraction of sp³-hybridized carbons (Fsp3) is 0.333. The smallest absolute Gasteiger partial charge is 0.261 e. The lowest BCUT2D eigenvalue weighted by Crippen LogP contribution is -2.35. The molecule has 22 heavy (non-hydrogen) atoms. The summed E-state index contributed by atoms with van der Waals surface area (Å²) in [4.78, 5) is 16.1. The highest BCUT2D eigenvalue weighted by atomic mass is 16.5. The van der Waals surface area contributed by atoms with Gasteiger partial charge in [0.05, 0.1) is 0 Å². The number of nitrogens with zero attached hydrogens (tertiary/aromatic N) is 1. The Morgan fingerprint density at radius 2 is 1.91 bits per heavy atom. The number of amides is 1. The highest BCUT2D eigenvalue weighted by molar-refractivity contribution is 5.80. The zero-order valence-corrected chi connectivity index (χ0v) is 13.2. The van der Waals surface area contributed by atoms with Crippen LogP contribution in [0.3, 0.4) is 0 Å². The summed E-state index contributed by atoms with van der Waals surface area (Å²) in [5, 5.41) is 2.84. The van der Waals surface area contributed by atoms with E-state index < -0.39 is 6.10 Å². The van der Waals surface area contributed by atoms with Gasteiger partial charge in [-0.25, -0.2) is 0 Å². The number of pyridine rings is 1. The van der Waals surface area contributed by atoms with Crippen molar-refractivity contribution >= 4 is 5.91 Å². The number of carbonyl (C=O) groups excluding carboxylic acids is 1. The lowest BCUT2D eigenvalue weighted by molar-refractivity contribution is -0.127. The van der Waals surface area contributed by atoms with Crippen LogP contribution in [0.5, 0.6) is 5.75 Å². The SMILES string of the molecule is CC(C)c1ccc(O[C@H](C)C(=O)NCc2cccnc2)cc1. The van der Waals surface area contributed by atoms with Crippen molar-refractivity contribution in [2.75, 3.05) is 0 Å². The van der Waals surface area contributed by atoms with Crippen molar-refractivity contribution in [3.05, 3.63) is 59.9 Å². The van der Waals surface area contributed by atoms with Crippen LogP contribution in [0.25, 0.3) is 0 Å².